The molecule has 128 valence electrons. The molecule has 1 aliphatic heterocycles. The Morgan fingerprint density at radius 2 is 1.56 bits per heavy atom. The molecule has 1 saturated heterocycles. The Bertz CT molecular complexity index is 917. The van der Waals surface area contributed by atoms with Crippen LogP contribution >= 0.6 is 11.6 Å². The molecule has 2 heterocycles. The van der Waals surface area contributed by atoms with Gasteiger partial charge in [0.15, 0.2) is 0 Å². The summed E-state index contributed by atoms with van der Waals surface area (Å²) in [5.41, 5.74) is 4.94. The number of anilines is 2. The number of para-hydroxylation sites is 1. The van der Waals surface area contributed by atoms with Gasteiger partial charge in [-0.1, -0.05) is 24.3 Å². The fraction of sp³-hybridized carbons (Fsp3) is 0.300. The maximum atomic E-state index is 6.15. The summed E-state index contributed by atoms with van der Waals surface area (Å²) in [6, 6.07) is 14.6. The Morgan fingerprint density at radius 1 is 0.840 bits per heavy atom. The van der Waals surface area contributed by atoms with Crippen LogP contribution in [0.25, 0.3) is 10.9 Å². The lowest BCUT2D eigenvalue weighted by Crippen LogP contribution is -2.47. The van der Waals surface area contributed by atoms with Gasteiger partial charge in [0.05, 0.1) is 5.52 Å². The van der Waals surface area contributed by atoms with E-state index in [1.807, 2.05) is 18.2 Å². The van der Waals surface area contributed by atoms with E-state index in [2.05, 4.69) is 57.9 Å². The predicted molar refractivity (Wildman–Crippen MR) is 105 cm³/mol. The Balaban J connectivity index is 1.59. The van der Waals surface area contributed by atoms with Gasteiger partial charge >= 0.3 is 0 Å². The van der Waals surface area contributed by atoms with Crippen LogP contribution in [0.1, 0.15) is 11.1 Å². The number of aromatic nitrogens is 2. The van der Waals surface area contributed by atoms with Crippen molar-refractivity contribution in [2.75, 3.05) is 36.0 Å². The number of benzene rings is 2. The number of hydrogen-bond acceptors (Lipinski definition) is 4. The number of fused-ring (bicyclic) bond motifs is 1. The van der Waals surface area contributed by atoms with Crippen molar-refractivity contribution in [1.82, 2.24) is 9.97 Å². The minimum Gasteiger partial charge on any atom is -0.368 e. The molecule has 0 spiro atoms. The zero-order chi connectivity index (χ0) is 17.4. The number of hydrogen-bond donors (Lipinski definition) is 0. The summed E-state index contributed by atoms with van der Waals surface area (Å²) in [4.78, 5) is 13.6. The molecule has 5 heteroatoms. The van der Waals surface area contributed by atoms with Crippen molar-refractivity contribution in [3.63, 3.8) is 0 Å². The highest BCUT2D eigenvalue weighted by Gasteiger charge is 2.21. The molecule has 0 saturated carbocycles. The molecule has 2 aromatic carbocycles. The third kappa shape index (κ3) is 3.02. The average molecular weight is 353 g/mol. The minimum atomic E-state index is 0.311. The predicted octanol–water partition coefficient (Wildman–Crippen LogP) is 4.23. The lowest BCUT2D eigenvalue weighted by molar-refractivity contribution is 0.647. The largest absolute Gasteiger partial charge is 0.368 e. The van der Waals surface area contributed by atoms with Crippen LogP contribution in [0.15, 0.2) is 42.5 Å². The van der Waals surface area contributed by atoms with Crippen LogP contribution in [0.4, 0.5) is 11.5 Å². The number of nitrogens with zero attached hydrogens (tertiary/aromatic N) is 4. The van der Waals surface area contributed by atoms with Crippen molar-refractivity contribution < 1.29 is 0 Å². The summed E-state index contributed by atoms with van der Waals surface area (Å²) in [6.45, 7) is 8.16. The van der Waals surface area contributed by atoms with Crippen molar-refractivity contribution in [2.45, 2.75) is 13.8 Å². The molecule has 0 amide bonds. The molecule has 4 nitrogen and oxygen atoms in total. The van der Waals surface area contributed by atoms with Crippen LogP contribution in [0.5, 0.6) is 0 Å². The smallest absolute Gasteiger partial charge is 0.224 e. The maximum absolute atomic E-state index is 6.15. The first-order valence-electron chi connectivity index (χ1n) is 8.62. The van der Waals surface area contributed by atoms with Gasteiger partial charge in [0.1, 0.15) is 5.82 Å². The monoisotopic (exact) mass is 352 g/mol. The van der Waals surface area contributed by atoms with Gasteiger partial charge in [-0.05, 0) is 54.8 Å². The first-order chi connectivity index (χ1) is 12.1. The molecule has 0 aliphatic carbocycles. The lowest BCUT2D eigenvalue weighted by Gasteiger charge is -2.38. The number of piperazine rings is 1. The van der Waals surface area contributed by atoms with Crippen LogP contribution < -0.4 is 9.80 Å². The molecule has 0 radical (unpaired) electrons. The van der Waals surface area contributed by atoms with Gasteiger partial charge in [-0.2, -0.15) is 4.98 Å². The minimum absolute atomic E-state index is 0.311. The fourth-order valence-electron chi connectivity index (χ4n) is 3.51. The van der Waals surface area contributed by atoms with E-state index in [4.69, 9.17) is 11.6 Å². The molecule has 25 heavy (non-hydrogen) atoms. The normalized spacial score (nSPS) is 15.0. The van der Waals surface area contributed by atoms with Crippen LogP contribution in [0.3, 0.4) is 0 Å². The summed E-state index contributed by atoms with van der Waals surface area (Å²) in [5.74, 6) is 0.941. The molecule has 0 bridgehead atoms. The van der Waals surface area contributed by atoms with Crippen LogP contribution in [-0.4, -0.2) is 36.1 Å². The van der Waals surface area contributed by atoms with Crippen molar-refractivity contribution >= 4 is 34.0 Å². The summed E-state index contributed by atoms with van der Waals surface area (Å²) in [7, 11) is 0. The van der Waals surface area contributed by atoms with E-state index in [1.165, 1.54) is 16.8 Å². The summed E-state index contributed by atoms with van der Waals surface area (Å²) in [5, 5.41) is 1.37. The second kappa shape index (κ2) is 6.52. The van der Waals surface area contributed by atoms with Gasteiger partial charge < -0.3 is 9.80 Å². The zero-order valence-electron chi connectivity index (χ0n) is 14.5. The quantitative estimate of drug-likeness (QED) is 0.646. The Hall–Kier alpha value is -2.33. The summed E-state index contributed by atoms with van der Waals surface area (Å²) < 4.78 is 0. The maximum Gasteiger partial charge on any atom is 0.224 e. The van der Waals surface area contributed by atoms with Gasteiger partial charge in [-0.15, -0.1) is 0 Å². The molecule has 1 aliphatic rings. The molecule has 0 atom stereocenters. The van der Waals surface area contributed by atoms with Gasteiger partial charge in [-0.25, -0.2) is 4.98 Å². The second-order valence-corrected chi connectivity index (χ2v) is 6.86. The average Bonchev–Trinajstić information content (AvgIpc) is 2.63. The van der Waals surface area contributed by atoms with Gasteiger partial charge in [-0.3, -0.25) is 0 Å². The summed E-state index contributed by atoms with van der Waals surface area (Å²) >= 11 is 6.15. The Morgan fingerprint density at radius 3 is 2.36 bits per heavy atom. The first kappa shape index (κ1) is 16.2. The molecular weight excluding hydrogens is 332 g/mol. The molecular formula is C20H21ClN4. The highest BCUT2D eigenvalue weighted by molar-refractivity contribution is 6.28. The van der Waals surface area contributed by atoms with Crippen LogP contribution in [0, 0.1) is 13.8 Å². The number of rotatable bonds is 2. The Labute approximate surface area is 153 Å². The SMILES string of the molecule is Cc1cccc(N2CCN(c3nc(Cl)nc4ccccc34)CC2)c1C. The summed E-state index contributed by atoms with van der Waals surface area (Å²) in [6.07, 6.45) is 0. The van der Waals surface area contributed by atoms with E-state index >= 15 is 0 Å². The van der Waals surface area contributed by atoms with E-state index in [9.17, 15) is 0 Å². The fourth-order valence-corrected chi connectivity index (χ4v) is 3.68. The molecule has 0 unspecified atom stereocenters. The molecule has 3 aromatic rings. The standard InChI is InChI=1S/C20H21ClN4/c1-14-6-5-9-18(15(14)2)24-10-12-25(13-11-24)19-16-7-3-4-8-17(16)22-20(21)23-19/h3-9H,10-13H2,1-2H3. The first-order valence-corrected chi connectivity index (χ1v) is 8.99. The van der Waals surface area contributed by atoms with Crippen molar-refractivity contribution in [3.8, 4) is 0 Å². The van der Waals surface area contributed by atoms with Gasteiger partial charge in [0.25, 0.3) is 0 Å². The zero-order valence-corrected chi connectivity index (χ0v) is 15.3. The van der Waals surface area contributed by atoms with Crippen LogP contribution in [-0.2, 0) is 0 Å². The molecule has 1 fully saturated rings. The van der Waals surface area contributed by atoms with E-state index in [0.717, 1.165) is 42.9 Å². The number of aryl methyl sites for hydroxylation is 1. The highest BCUT2D eigenvalue weighted by Crippen LogP contribution is 2.28. The molecule has 4 rings (SSSR count). The van der Waals surface area contributed by atoms with E-state index in [0.29, 0.717) is 5.28 Å². The number of halogens is 1. The highest BCUT2D eigenvalue weighted by atomic mass is 35.5. The lowest BCUT2D eigenvalue weighted by atomic mass is 10.1. The Kier molecular flexibility index (Phi) is 4.22. The van der Waals surface area contributed by atoms with E-state index in [1.54, 1.807) is 0 Å². The van der Waals surface area contributed by atoms with E-state index < -0.39 is 0 Å². The van der Waals surface area contributed by atoms with Crippen molar-refractivity contribution in [1.29, 1.82) is 0 Å². The van der Waals surface area contributed by atoms with Crippen molar-refractivity contribution in [2.24, 2.45) is 0 Å². The topological polar surface area (TPSA) is 32.3 Å². The van der Waals surface area contributed by atoms with E-state index in [-0.39, 0.29) is 0 Å². The van der Waals surface area contributed by atoms with Crippen LogP contribution in [0.2, 0.25) is 5.28 Å². The second-order valence-electron chi connectivity index (χ2n) is 6.53. The molecule has 1 aromatic heterocycles. The van der Waals surface area contributed by atoms with Crippen molar-refractivity contribution in [3.05, 3.63) is 58.9 Å². The third-order valence-corrected chi connectivity index (χ3v) is 5.22. The van der Waals surface area contributed by atoms with Gasteiger partial charge in [0, 0.05) is 37.3 Å². The van der Waals surface area contributed by atoms with Gasteiger partial charge in [0.2, 0.25) is 5.28 Å². The molecule has 0 N–H and O–H groups in total. The third-order valence-electron chi connectivity index (χ3n) is 5.05.